The van der Waals surface area contributed by atoms with Crippen molar-refractivity contribution in [3.05, 3.63) is 35.8 Å². The van der Waals surface area contributed by atoms with Crippen LogP contribution in [0.2, 0.25) is 0 Å². The van der Waals surface area contributed by atoms with Gasteiger partial charge in [-0.3, -0.25) is 4.79 Å². The van der Waals surface area contributed by atoms with Crippen LogP contribution in [-0.2, 0) is 11.2 Å². The average Bonchev–Trinajstić information content (AvgIpc) is 2.77. The van der Waals surface area contributed by atoms with Crippen molar-refractivity contribution in [2.24, 2.45) is 11.1 Å². The summed E-state index contributed by atoms with van der Waals surface area (Å²) in [7, 11) is 0. The Kier molecular flexibility index (Phi) is 3.29. The first-order valence-corrected chi connectivity index (χ1v) is 7.58. The first kappa shape index (κ1) is 15.0. The Bertz CT molecular complexity index is 737. The second-order valence-corrected chi connectivity index (χ2v) is 7.11. The minimum absolute atomic E-state index is 0.0633. The number of carbonyl (C=O) groups excluding carboxylic acids is 1. The quantitative estimate of drug-likeness (QED) is 0.812. The molecule has 1 aliphatic rings. The summed E-state index contributed by atoms with van der Waals surface area (Å²) in [5, 5.41) is 3.84. The van der Waals surface area contributed by atoms with Crippen LogP contribution >= 0.6 is 0 Å². The number of aromatic nitrogens is 1. The fourth-order valence-corrected chi connectivity index (χ4v) is 3.09. The van der Waals surface area contributed by atoms with Gasteiger partial charge in [0.2, 0.25) is 5.91 Å². The number of carbonyl (C=O) groups is 1. The van der Waals surface area contributed by atoms with Gasteiger partial charge in [0.1, 0.15) is 11.4 Å². The molecule has 4 nitrogen and oxygen atoms in total. The summed E-state index contributed by atoms with van der Waals surface area (Å²) in [5.41, 5.74) is 7.12. The van der Waals surface area contributed by atoms with Crippen molar-refractivity contribution >= 4 is 16.8 Å². The van der Waals surface area contributed by atoms with Crippen molar-refractivity contribution in [2.45, 2.75) is 45.2 Å². The van der Waals surface area contributed by atoms with Gasteiger partial charge in [-0.15, -0.1) is 0 Å². The molecular weight excluding hydrogens is 281 g/mol. The molecule has 0 bridgehead atoms. The molecule has 1 saturated carbocycles. The number of rotatable bonds is 4. The van der Waals surface area contributed by atoms with Crippen LogP contribution in [-0.4, -0.2) is 22.5 Å². The summed E-state index contributed by atoms with van der Waals surface area (Å²) in [6, 6.07) is 4.61. The molecule has 0 aliphatic heterocycles. The number of fused-ring (bicyclic) bond motifs is 1. The van der Waals surface area contributed by atoms with Crippen molar-refractivity contribution < 1.29 is 9.18 Å². The lowest BCUT2D eigenvalue weighted by Crippen LogP contribution is -2.49. The second kappa shape index (κ2) is 4.81. The molecule has 0 spiro atoms. The van der Waals surface area contributed by atoms with E-state index in [1.165, 1.54) is 12.1 Å². The second-order valence-electron chi connectivity index (χ2n) is 7.11. The highest BCUT2D eigenvalue weighted by molar-refractivity contribution is 5.91. The van der Waals surface area contributed by atoms with Gasteiger partial charge in [0.05, 0.1) is 0 Å². The number of halogens is 1. The smallest absolute Gasteiger partial charge is 0.240 e. The van der Waals surface area contributed by atoms with Crippen LogP contribution in [0.25, 0.3) is 10.9 Å². The molecule has 1 aromatic heterocycles. The van der Waals surface area contributed by atoms with Crippen molar-refractivity contribution in [2.75, 3.05) is 0 Å². The Labute approximate surface area is 129 Å². The third-order valence-electron chi connectivity index (χ3n) is 4.84. The van der Waals surface area contributed by atoms with E-state index in [9.17, 15) is 9.18 Å². The summed E-state index contributed by atoms with van der Waals surface area (Å²) in [4.78, 5) is 15.4. The van der Waals surface area contributed by atoms with Gasteiger partial charge in [0.25, 0.3) is 0 Å². The number of hydrogen-bond acceptors (Lipinski definition) is 2. The highest BCUT2D eigenvalue weighted by Gasteiger charge is 2.63. The molecule has 1 aliphatic carbocycles. The first-order valence-electron chi connectivity index (χ1n) is 7.58. The van der Waals surface area contributed by atoms with E-state index in [1.807, 2.05) is 27.0 Å². The van der Waals surface area contributed by atoms with Crippen LogP contribution in [0.1, 0.15) is 32.8 Å². The maximum Gasteiger partial charge on any atom is 0.240 e. The summed E-state index contributed by atoms with van der Waals surface area (Å²) >= 11 is 0. The van der Waals surface area contributed by atoms with Gasteiger partial charge in [-0.2, -0.15) is 0 Å². The maximum absolute atomic E-state index is 13.4. The van der Waals surface area contributed by atoms with Crippen LogP contribution < -0.4 is 11.1 Å². The third kappa shape index (κ3) is 2.39. The Morgan fingerprint density at radius 1 is 1.50 bits per heavy atom. The van der Waals surface area contributed by atoms with Gasteiger partial charge in [-0.25, -0.2) is 4.39 Å². The number of nitrogens with two attached hydrogens (primary N) is 1. The number of aromatic amines is 1. The SMILES string of the molecule is CC(Cc1c[nH]c2ccc(F)cc12)NC(=O)C1(N)CC1(C)C. The normalized spacial score (nSPS) is 24.2. The summed E-state index contributed by atoms with van der Waals surface area (Å²) in [6.07, 6.45) is 3.20. The van der Waals surface area contributed by atoms with E-state index in [1.54, 1.807) is 6.07 Å². The van der Waals surface area contributed by atoms with Gasteiger partial charge < -0.3 is 16.0 Å². The zero-order valence-corrected chi connectivity index (χ0v) is 13.2. The van der Waals surface area contributed by atoms with Gasteiger partial charge in [-0.1, -0.05) is 13.8 Å². The maximum atomic E-state index is 13.4. The molecule has 5 heteroatoms. The molecule has 0 saturated heterocycles. The van der Waals surface area contributed by atoms with Crippen LogP contribution in [0.3, 0.4) is 0 Å². The topological polar surface area (TPSA) is 70.9 Å². The van der Waals surface area contributed by atoms with Crippen molar-refractivity contribution in [3.63, 3.8) is 0 Å². The van der Waals surface area contributed by atoms with Crippen LogP contribution in [0.5, 0.6) is 0 Å². The number of H-pyrrole nitrogens is 1. The number of nitrogens with one attached hydrogen (secondary N) is 2. The fourth-order valence-electron chi connectivity index (χ4n) is 3.09. The average molecular weight is 303 g/mol. The third-order valence-corrected chi connectivity index (χ3v) is 4.84. The molecule has 3 rings (SSSR count). The van der Waals surface area contributed by atoms with Crippen LogP contribution in [0, 0.1) is 11.2 Å². The van der Waals surface area contributed by atoms with E-state index in [0.717, 1.165) is 16.5 Å². The molecule has 1 aromatic carbocycles. The van der Waals surface area contributed by atoms with Crippen molar-refractivity contribution in [1.82, 2.24) is 10.3 Å². The van der Waals surface area contributed by atoms with E-state index in [2.05, 4.69) is 10.3 Å². The molecule has 1 heterocycles. The summed E-state index contributed by atoms with van der Waals surface area (Å²) in [5.74, 6) is -0.360. The predicted molar refractivity (Wildman–Crippen MR) is 84.9 cm³/mol. The molecule has 1 amide bonds. The molecule has 0 radical (unpaired) electrons. The molecule has 1 fully saturated rings. The highest BCUT2D eigenvalue weighted by atomic mass is 19.1. The van der Waals surface area contributed by atoms with Crippen LogP contribution in [0.15, 0.2) is 24.4 Å². The number of benzene rings is 1. The van der Waals surface area contributed by atoms with Crippen LogP contribution in [0.4, 0.5) is 4.39 Å². The highest BCUT2D eigenvalue weighted by Crippen LogP contribution is 2.53. The van der Waals surface area contributed by atoms with E-state index in [4.69, 9.17) is 5.73 Å². The summed E-state index contributed by atoms with van der Waals surface area (Å²) in [6.45, 7) is 5.94. The lowest BCUT2D eigenvalue weighted by atomic mass is 10.0. The Morgan fingerprint density at radius 3 is 2.82 bits per heavy atom. The van der Waals surface area contributed by atoms with Crippen molar-refractivity contribution in [3.8, 4) is 0 Å². The number of hydrogen-bond donors (Lipinski definition) is 3. The largest absolute Gasteiger partial charge is 0.361 e. The minimum atomic E-state index is -0.756. The lowest BCUT2D eigenvalue weighted by Gasteiger charge is -2.19. The predicted octanol–water partition coefficient (Wildman–Crippen LogP) is 2.48. The Morgan fingerprint density at radius 2 is 2.18 bits per heavy atom. The molecule has 2 unspecified atom stereocenters. The van der Waals surface area contributed by atoms with E-state index in [-0.39, 0.29) is 23.2 Å². The molecular formula is C17H22FN3O. The zero-order valence-electron chi connectivity index (χ0n) is 13.2. The van der Waals surface area contributed by atoms with Gasteiger partial charge in [-0.05, 0) is 48.9 Å². The van der Waals surface area contributed by atoms with Gasteiger partial charge >= 0.3 is 0 Å². The monoisotopic (exact) mass is 303 g/mol. The van der Waals surface area contributed by atoms with E-state index >= 15 is 0 Å². The number of amides is 1. The van der Waals surface area contributed by atoms with Crippen molar-refractivity contribution in [1.29, 1.82) is 0 Å². The fraction of sp³-hybridized carbons (Fsp3) is 0.471. The van der Waals surface area contributed by atoms with Gasteiger partial charge in [0.15, 0.2) is 0 Å². The first-order chi connectivity index (χ1) is 10.2. The van der Waals surface area contributed by atoms with Gasteiger partial charge in [0, 0.05) is 23.1 Å². The standard InChI is InChI=1S/C17H22FN3O/c1-10(21-15(22)17(19)9-16(17,2)3)6-11-8-20-14-5-4-12(18)7-13(11)14/h4-5,7-8,10,20H,6,9,19H2,1-3H3,(H,21,22). The summed E-state index contributed by atoms with van der Waals surface area (Å²) < 4.78 is 13.4. The van der Waals surface area contributed by atoms with E-state index < -0.39 is 5.54 Å². The molecule has 22 heavy (non-hydrogen) atoms. The minimum Gasteiger partial charge on any atom is -0.361 e. The van der Waals surface area contributed by atoms with E-state index in [0.29, 0.717) is 12.8 Å². The Hall–Kier alpha value is -1.88. The Balaban J connectivity index is 1.70. The molecule has 118 valence electrons. The molecule has 2 aromatic rings. The lowest BCUT2D eigenvalue weighted by molar-refractivity contribution is -0.124. The molecule has 2 atom stereocenters. The molecule has 4 N–H and O–H groups in total. The zero-order chi connectivity index (χ0) is 16.1.